The number of hydrogen-bond donors (Lipinski definition) is 0. The van der Waals surface area contributed by atoms with Crippen molar-refractivity contribution in [3.8, 4) is 0 Å². The number of rotatable bonds is 6. The van der Waals surface area contributed by atoms with Crippen LogP contribution in [0.4, 0.5) is 0 Å². The highest BCUT2D eigenvalue weighted by molar-refractivity contribution is 7.89. The number of carbonyl (C=O) groups excluding carboxylic acids is 2. The van der Waals surface area contributed by atoms with E-state index in [0.29, 0.717) is 18.7 Å². The summed E-state index contributed by atoms with van der Waals surface area (Å²) in [5.74, 6) is -1.33. The fraction of sp³-hybridized carbons (Fsp3) is 0.474. The number of esters is 2. The van der Waals surface area contributed by atoms with E-state index < -0.39 is 28.1 Å². The lowest BCUT2D eigenvalue weighted by atomic mass is 10.2. The molecule has 148 valence electrons. The van der Waals surface area contributed by atoms with E-state index in [9.17, 15) is 18.0 Å². The first kappa shape index (κ1) is 21.1. The molecule has 0 radical (unpaired) electrons. The Labute approximate surface area is 160 Å². The van der Waals surface area contributed by atoms with E-state index in [-0.39, 0.29) is 4.90 Å². The molecule has 0 bridgehead atoms. The number of carbonyl (C=O) groups is 2. The minimum absolute atomic E-state index is 0.239. The van der Waals surface area contributed by atoms with E-state index >= 15 is 0 Å². The van der Waals surface area contributed by atoms with Crippen LogP contribution in [-0.4, -0.2) is 51.0 Å². The molecule has 1 heterocycles. The van der Waals surface area contributed by atoms with E-state index in [1.165, 1.54) is 42.6 Å². The van der Waals surface area contributed by atoms with Gasteiger partial charge in [0.15, 0.2) is 6.10 Å². The molecule has 1 unspecified atom stereocenters. The molecule has 27 heavy (non-hydrogen) atoms. The predicted octanol–water partition coefficient (Wildman–Crippen LogP) is 2.37. The van der Waals surface area contributed by atoms with Gasteiger partial charge in [0.25, 0.3) is 0 Å². The van der Waals surface area contributed by atoms with E-state index in [2.05, 4.69) is 4.74 Å². The van der Waals surface area contributed by atoms with Crippen molar-refractivity contribution < 1.29 is 27.5 Å². The summed E-state index contributed by atoms with van der Waals surface area (Å²) in [6.45, 7) is 2.52. The third-order valence-electron chi connectivity index (χ3n) is 4.32. The molecule has 8 heteroatoms. The Morgan fingerprint density at radius 3 is 2.22 bits per heavy atom. The van der Waals surface area contributed by atoms with Crippen LogP contribution in [0.2, 0.25) is 0 Å². The van der Waals surface area contributed by atoms with Crippen molar-refractivity contribution in [2.24, 2.45) is 0 Å². The van der Waals surface area contributed by atoms with Crippen LogP contribution in [0, 0.1) is 0 Å². The van der Waals surface area contributed by atoms with Crippen LogP contribution >= 0.6 is 0 Å². The molecular weight excluding hydrogens is 370 g/mol. The van der Waals surface area contributed by atoms with E-state index in [1.54, 1.807) is 12.1 Å². The van der Waals surface area contributed by atoms with Gasteiger partial charge >= 0.3 is 11.9 Å². The van der Waals surface area contributed by atoms with Gasteiger partial charge in [-0.25, -0.2) is 18.0 Å². The number of benzene rings is 1. The zero-order valence-electron chi connectivity index (χ0n) is 15.6. The summed E-state index contributed by atoms with van der Waals surface area (Å²) in [6, 6.07) is 6.31. The number of methoxy groups -OCH3 is 1. The zero-order valence-corrected chi connectivity index (χ0v) is 16.4. The first-order valence-electron chi connectivity index (χ1n) is 8.91. The van der Waals surface area contributed by atoms with Crippen LogP contribution in [-0.2, 0) is 29.1 Å². The number of hydrogen-bond acceptors (Lipinski definition) is 6. The molecule has 0 spiro atoms. The van der Waals surface area contributed by atoms with Gasteiger partial charge in [-0.15, -0.1) is 0 Å². The first-order chi connectivity index (χ1) is 12.8. The summed E-state index contributed by atoms with van der Waals surface area (Å²) in [6.07, 6.45) is 5.55. The molecule has 1 saturated heterocycles. The van der Waals surface area contributed by atoms with Crippen molar-refractivity contribution in [2.45, 2.75) is 43.6 Å². The molecular formula is C19H25NO6S. The van der Waals surface area contributed by atoms with Crippen molar-refractivity contribution in [3.63, 3.8) is 0 Å². The van der Waals surface area contributed by atoms with Crippen molar-refractivity contribution in [1.29, 1.82) is 0 Å². The maximum atomic E-state index is 12.7. The predicted molar refractivity (Wildman–Crippen MR) is 100 cm³/mol. The minimum atomic E-state index is -3.50. The van der Waals surface area contributed by atoms with E-state index in [1.807, 2.05) is 0 Å². The quantitative estimate of drug-likeness (QED) is 0.543. The molecule has 1 aromatic carbocycles. The van der Waals surface area contributed by atoms with Gasteiger partial charge in [0, 0.05) is 19.2 Å². The van der Waals surface area contributed by atoms with Gasteiger partial charge in [-0.3, -0.25) is 0 Å². The van der Waals surface area contributed by atoms with Gasteiger partial charge in [0.2, 0.25) is 10.0 Å². The van der Waals surface area contributed by atoms with Gasteiger partial charge in [0.1, 0.15) is 0 Å². The molecule has 1 aliphatic rings. The number of ether oxygens (including phenoxy) is 2. The Morgan fingerprint density at radius 1 is 1.07 bits per heavy atom. The smallest absolute Gasteiger partial charge is 0.346 e. The molecule has 0 amide bonds. The summed E-state index contributed by atoms with van der Waals surface area (Å²) in [4.78, 5) is 23.2. The molecule has 0 aromatic heterocycles. The molecule has 0 aliphatic carbocycles. The van der Waals surface area contributed by atoms with Crippen LogP contribution < -0.4 is 0 Å². The van der Waals surface area contributed by atoms with Gasteiger partial charge in [0.05, 0.1) is 12.0 Å². The van der Waals surface area contributed by atoms with Crippen molar-refractivity contribution >= 4 is 28.0 Å². The van der Waals surface area contributed by atoms with Gasteiger partial charge < -0.3 is 9.47 Å². The molecule has 0 N–H and O–H groups in total. The number of sulfonamides is 1. The zero-order chi connectivity index (χ0) is 19.9. The maximum Gasteiger partial charge on any atom is 0.346 e. The maximum absolute atomic E-state index is 12.7. The number of nitrogens with zero attached hydrogens (tertiary/aromatic N) is 1. The van der Waals surface area contributed by atoms with Crippen molar-refractivity contribution in [3.05, 3.63) is 35.9 Å². The lowest BCUT2D eigenvalue weighted by molar-refractivity contribution is -0.161. The highest BCUT2D eigenvalue weighted by atomic mass is 32.2. The molecule has 1 aromatic rings. The first-order valence-corrected chi connectivity index (χ1v) is 10.4. The van der Waals surface area contributed by atoms with Crippen molar-refractivity contribution in [2.75, 3.05) is 20.2 Å². The SMILES string of the molecule is COC(=O)C(C)OC(=O)/C=C/c1ccc(S(=O)(=O)N2CCCCCC2)cc1. The van der Waals surface area contributed by atoms with Gasteiger partial charge in [-0.2, -0.15) is 4.31 Å². The third-order valence-corrected chi connectivity index (χ3v) is 6.23. The summed E-state index contributed by atoms with van der Waals surface area (Å²) in [5, 5.41) is 0. The summed E-state index contributed by atoms with van der Waals surface area (Å²) in [7, 11) is -2.28. The van der Waals surface area contributed by atoms with Gasteiger partial charge in [-0.05, 0) is 43.5 Å². The van der Waals surface area contributed by atoms with Crippen LogP contribution in [0.3, 0.4) is 0 Å². The highest BCUT2D eigenvalue weighted by Gasteiger charge is 2.24. The van der Waals surface area contributed by atoms with Gasteiger partial charge in [-0.1, -0.05) is 25.0 Å². The average Bonchev–Trinajstić information content (AvgIpc) is 2.96. The Balaban J connectivity index is 2.02. The van der Waals surface area contributed by atoms with E-state index in [0.717, 1.165) is 25.7 Å². The second-order valence-corrected chi connectivity index (χ2v) is 8.26. The summed E-state index contributed by atoms with van der Waals surface area (Å²) in [5.41, 5.74) is 0.646. The molecule has 1 aliphatic heterocycles. The lowest BCUT2D eigenvalue weighted by Crippen LogP contribution is -2.31. The van der Waals surface area contributed by atoms with Crippen LogP contribution in [0.1, 0.15) is 38.2 Å². The molecule has 1 atom stereocenters. The lowest BCUT2D eigenvalue weighted by Gasteiger charge is -2.19. The fourth-order valence-electron chi connectivity index (χ4n) is 2.77. The standard InChI is InChI=1S/C19H25NO6S/c1-15(19(22)25-2)26-18(21)12-9-16-7-10-17(11-8-16)27(23,24)20-13-5-3-4-6-14-20/h7-12,15H,3-6,13-14H2,1-2H3/b12-9+. The van der Waals surface area contributed by atoms with Crippen LogP contribution in [0.15, 0.2) is 35.2 Å². The van der Waals surface area contributed by atoms with Crippen molar-refractivity contribution in [1.82, 2.24) is 4.31 Å². The molecule has 2 rings (SSSR count). The molecule has 0 saturated carbocycles. The Bertz CT molecular complexity index is 777. The Morgan fingerprint density at radius 2 is 1.67 bits per heavy atom. The Hall–Kier alpha value is -2.19. The second-order valence-electron chi connectivity index (χ2n) is 6.32. The van der Waals surface area contributed by atoms with Crippen LogP contribution in [0.25, 0.3) is 6.08 Å². The average molecular weight is 395 g/mol. The second kappa shape index (κ2) is 9.66. The minimum Gasteiger partial charge on any atom is -0.466 e. The van der Waals surface area contributed by atoms with Crippen LogP contribution in [0.5, 0.6) is 0 Å². The monoisotopic (exact) mass is 395 g/mol. The summed E-state index contributed by atoms with van der Waals surface area (Å²) < 4.78 is 36.3. The topological polar surface area (TPSA) is 90.0 Å². The molecule has 7 nitrogen and oxygen atoms in total. The largest absolute Gasteiger partial charge is 0.466 e. The normalized spacial score (nSPS) is 17.3. The fourth-order valence-corrected chi connectivity index (χ4v) is 4.29. The molecule has 1 fully saturated rings. The highest BCUT2D eigenvalue weighted by Crippen LogP contribution is 2.21. The third kappa shape index (κ3) is 5.90. The van der Waals surface area contributed by atoms with E-state index in [4.69, 9.17) is 4.74 Å². The Kier molecular flexibility index (Phi) is 7.55. The summed E-state index contributed by atoms with van der Waals surface area (Å²) >= 11 is 0.